The number of rotatable bonds is 0. The zero-order valence-corrected chi connectivity index (χ0v) is 5.30. The summed E-state index contributed by atoms with van der Waals surface area (Å²) >= 11 is 0.356. The van der Waals surface area contributed by atoms with E-state index in [0.29, 0.717) is 14.5 Å². The third kappa shape index (κ3) is 0.927. The molecule has 34 valence electrons. The van der Waals surface area contributed by atoms with E-state index in [4.69, 9.17) is 5.26 Å². The van der Waals surface area contributed by atoms with E-state index in [1.165, 1.54) is 0 Å². The van der Waals surface area contributed by atoms with Gasteiger partial charge in [-0.05, 0) is 0 Å². The van der Waals surface area contributed by atoms with E-state index in [9.17, 15) is 0 Å². The Hall–Kier alpha value is -0.511. The van der Waals surface area contributed by atoms with Gasteiger partial charge < -0.3 is 0 Å². The van der Waals surface area contributed by atoms with Gasteiger partial charge in [-0.1, -0.05) is 0 Å². The topological polar surface area (TPSA) is 23.8 Å². The Labute approximate surface area is 47.9 Å². The van der Waals surface area contributed by atoms with E-state index in [1.54, 1.807) is 0 Å². The van der Waals surface area contributed by atoms with Crippen molar-refractivity contribution in [3.05, 3.63) is 21.5 Å². The quantitative estimate of drug-likeness (QED) is 0.505. The summed E-state index contributed by atoms with van der Waals surface area (Å²) in [5, 5.41) is 8.22. The summed E-state index contributed by atoms with van der Waals surface area (Å²) in [5.41, 5.74) is 0. The van der Waals surface area contributed by atoms with Crippen LogP contribution >= 0.6 is 0 Å². The minimum absolute atomic E-state index is 0.356. The molecule has 0 atom stereocenters. The first-order valence-electron chi connectivity index (χ1n) is 1.87. The van der Waals surface area contributed by atoms with Gasteiger partial charge in [-0.2, -0.15) is 0 Å². The van der Waals surface area contributed by atoms with Gasteiger partial charge in [0.1, 0.15) is 0 Å². The Bertz CT molecular complexity index is 170. The Morgan fingerprint density at radius 3 is 2.86 bits per heavy atom. The zero-order chi connectivity index (χ0) is 5.11. The van der Waals surface area contributed by atoms with Crippen LogP contribution in [0, 0.1) is 11.3 Å². The van der Waals surface area contributed by atoms with E-state index in [-0.39, 0.29) is 0 Å². The Morgan fingerprint density at radius 2 is 2.57 bits per heavy atom. The molecule has 0 bridgehead atoms. The Kier molecular flexibility index (Phi) is 1.31. The second-order valence-corrected chi connectivity index (χ2v) is 3.08. The molecule has 1 aromatic rings. The Morgan fingerprint density at radius 1 is 1.71 bits per heavy atom. The van der Waals surface area contributed by atoms with Crippen molar-refractivity contribution in [3.8, 4) is 6.07 Å². The van der Waals surface area contributed by atoms with Gasteiger partial charge in [-0.25, -0.2) is 0 Å². The molecule has 0 saturated heterocycles. The van der Waals surface area contributed by atoms with Crippen molar-refractivity contribution in [2.45, 2.75) is 0 Å². The van der Waals surface area contributed by atoms with Crippen LogP contribution in [-0.2, 0) is 0 Å². The first kappa shape index (κ1) is 4.64. The van der Waals surface area contributed by atoms with Crippen molar-refractivity contribution >= 4 is 14.5 Å². The molecule has 0 radical (unpaired) electrons. The third-order valence-corrected chi connectivity index (χ3v) is 2.26. The number of hydrogen-bond acceptors (Lipinski definition) is 1. The minimum atomic E-state index is 0.356. The maximum atomic E-state index is 8.22. The van der Waals surface area contributed by atoms with Crippen molar-refractivity contribution in [2.24, 2.45) is 0 Å². The van der Waals surface area contributed by atoms with Gasteiger partial charge in [0, 0.05) is 0 Å². The zero-order valence-electron chi connectivity index (χ0n) is 3.59. The van der Waals surface area contributed by atoms with Crippen LogP contribution in [0.3, 0.4) is 0 Å². The van der Waals surface area contributed by atoms with Crippen LogP contribution in [0.1, 0.15) is 4.44 Å². The monoisotopic (exact) mass is 157 g/mol. The van der Waals surface area contributed by atoms with Gasteiger partial charge in [0.2, 0.25) is 0 Å². The summed E-state index contributed by atoms with van der Waals surface area (Å²) in [5.74, 6) is 0. The van der Waals surface area contributed by atoms with Crippen molar-refractivity contribution in [3.63, 3.8) is 0 Å². The molecule has 1 aromatic heterocycles. The van der Waals surface area contributed by atoms with Crippen LogP contribution in [0.5, 0.6) is 0 Å². The normalized spacial score (nSPS) is 7.86. The van der Waals surface area contributed by atoms with Crippen molar-refractivity contribution < 1.29 is 0 Å². The molecule has 7 heavy (non-hydrogen) atoms. The first-order valence-corrected chi connectivity index (χ1v) is 3.71. The van der Waals surface area contributed by atoms with Crippen LogP contribution in [0.25, 0.3) is 0 Å². The molecule has 0 aliphatic rings. The van der Waals surface area contributed by atoms with E-state index < -0.39 is 0 Å². The van der Waals surface area contributed by atoms with Gasteiger partial charge in [-0.15, -0.1) is 0 Å². The van der Waals surface area contributed by atoms with E-state index >= 15 is 0 Å². The number of nitriles is 1. The van der Waals surface area contributed by atoms with Gasteiger partial charge in [-0.3, -0.25) is 0 Å². The maximum absolute atomic E-state index is 8.22. The molecule has 1 nitrogen and oxygen atoms in total. The molecule has 0 spiro atoms. The third-order valence-electron chi connectivity index (χ3n) is 0.631. The molecule has 1 rings (SSSR count). The summed E-state index contributed by atoms with van der Waals surface area (Å²) < 4.78 is 0.924. The molecule has 0 aromatic carbocycles. The van der Waals surface area contributed by atoms with Crippen LogP contribution in [-0.4, -0.2) is 14.5 Å². The molecule has 0 unspecified atom stereocenters. The van der Waals surface area contributed by atoms with Gasteiger partial charge >= 0.3 is 47.3 Å². The molecule has 2 heteroatoms. The second kappa shape index (κ2) is 1.97. The predicted octanol–water partition coefficient (Wildman–Crippen LogP) is 0.615. The van der Waals surface area contributed by atoms with E-state index in [1.807, 2.05) is 17.1 Å². The summed E-state index contributed by atoms with van der Waals surface area (Å²) in [6.45, 7) is 0. The molecular weight excluding hydrogens is 153 g/mol. The fourth-order valence-corrected chi connectivity index (χ4v) is 1.42. The Balaban J connectivity index is 3.04. The number of nitrogens with zero attached hydrogens (tertiary/aromatic N) is 1. The molecular formula is C5H3NSe. The van der Waals surface area contributed by atoms with Crippen LogP contribution in [0.15, 0.2) is 17.1 Å². The molecule has 0 aliphatic carbocycles. The SMILES string of the molecule is N#Cc1ccc[se]1. The average molecular weight is 156 g/mol. The number of hydrogen-bond donors (Lipinski definition) is 0. The first-order chi connectivity index (χ1) is 3.43. The van der Waals surface area contributed by atoms with Crippen molar-refractivity contribution in [1.82, 2.24) is 0 Å². The second-order valence-electron chi connectivity index (χ2n) is 1.09. The van der Waals surface area contributed by atoms with Gasteiger partial charge in [0.25, 0.3) is 0 Å². The van der Waals surface area contributed by atoms with Crippen molar-refractivity contribution in [1.29, 1.82) is 5.26 Å². The summed E-state index contributed by atoms with van der Waals surface area (Å²) in [7, 11) is 0. The van der Waals surface area contributed by atoms with Crippen LogP contribution in [0.2, 0.25) is 0 Å². The summed E-state index contributed by atoms with van der Waals surface area (Å²) in [4.78, 5) is 2.03. The van der Waals surface area contributed by atoms with Crippen LogP contribution in [0.4, 0.5) is 0 Å². The molecule has 0 amide bonds. The van der Waals surface area contributed by atoms with E-state index in [0.717, 1.165) is 4.44 Å². The van der Waals surface area contributed by atoms with Gasteiger partial charge in [0.15, 0.2) is 0 Å². The van der Waals surface area contributed by atoms with Crippen LogP contribution < -0.4 is 0 Å². The van der Waals surface area contributed by atoms with E-state index in [2.05, 4.69) is 6.07 Å². The predicted molar refractivity (Wildman–Crippen MR) is 28.1 cm³/mol. The van der Waals surface area contributed by atoms with Crippen molar-refractivity contribution in [2.75, 3.05) is 0 Å². The molecule has 0 N–H and O–H groups in total. The molecule has 1 heterocycles. The fourth-order valence-electron chi connectivity index (χ4n) is 0.342. The average Bonchev–Trinajstić information content (AvgIpc) is 2.14. The summed E-state index contributed by atoms with van der Waals surface area (Å²) in [6.07, 6.45) is 0. The molecule has 0 aliphatic heterocycles. The summed E-state index contributed by atoms with van der Waals surface area (Å²) in [6, 6.07) is 5.88. The van der Waals surface area contributed by atoms with Gasteiger partial charge in [0.05, 0.1) is 0 Å². The standard InChI is InChI=1S/C5H3NSe/c6-4-5-2-1-3-7-5/h1-3H. The fraction of sp³-hybridized carbons (Fsp3) is 0. The molecule has 0 fully saturated rings. The molecule has 0 saturated carbocycles.